The molecule has 9 N–H and O–H groups in total. The zero-order valence-electron chi connectivity index (χ0n) is 20.3. The molecule has 0 fully saturated rings. The molecule has 0 spiro atoms. The zero-order chi connectivity index (χ0) is 26.4. The first-order valence-corrected chi connectivity index (χ1v) is 11.2. The third-order valence-corrected chi connectivity index (χ3v) is 4.37. The van der Waals surface area contributed by atoms with Crippen molar-refractivity contribution in [2.45, 2.75) is 64.1 Å². The highest BCUT2D eigenvalue weighted by Crippen LogP contribution is 2.09. The van der Waals surface area contributed by atoms with Crippen LogP contribution in [0, 0.1) is 0 Å². The number of aromatic nitrogens is 1. The summed E-state index contributed by atoms with van der Waals surface area (Å²) < 4.78 is 10.2. The van der Waals surface area contributed by atoms with E-state index in [0.717, 1.165) is 0 Å². The van der Waals surface area contributed by atoms with Crippen LogP contribution in [0.5, 0.6) is 0 Å². The molecule has 3 amide bonds. The monoisotopic (exact) mass is 496 g/mol. The molecular formula is C21H36N8O6. The van der Waals surface area contributed by atoms with Gasteiger partial charge in [-0.05, 0) is 53.0 Å². The molecule has 2 atom stereocenters. The van der Waals surface area contributed by atoms with Gasteiger partial charge < -0.3 is 42.3 Å². The second-order valence-electron chi connectivity index (χ2n) is 8.62. The Balaban J connectivity index is 2.72. The molecule has 1 rings (SSSR count). The number of ether oxygens (including phenoxy) is 1. The van der Waals surface area contributed by atoms with E-state index in [-0.39, 0.29) is 31.2 Å². The quantitative estimate of drug-likeness (QED) is 0.0807. The molecule has 14 heteroatoms. The summed E-state index contributed by atoms with van der Waals surface area (Å²) in [6.07, 6.45) is 3.09. The van der Waals surface area contributed by atoms with Crippen LogP contribution in [0.25, 0.3) is 0 Å². The number of oxazole rings is 1. The van der Waals surface area contributed by atoms with Crippen molar-refractivity contribution in [1.82, 2.24) is 20.9 Å². The minimum atomic E-state index is -0.972. The number of hydrogen-bond acceptors (Lipinski definition) is 9. The normalized spacial score (nSPS) is 12.7. The minimum Gasteiger partial charge on any atom is -0.444 e. The lowest BCUT2D eigenvalue weighted by molar-refractivity contribution is -0.127. The Bertz CT molecular complexity index is 862. The molecule has 0 aliphatic carbocycles. The van der Waals surface area contributed by atoms with Crippen LogP contribution in [0.15, 0.2) is 21.9 Å². The van der Waals surface area contributed by atoms with Crippen molar-refractivity contribution in [3.8, 4) is 0 Å². The van der Waals surface area contributed by atoms with Crippen molar-refractivity contribution in [1.29, 1.82) is 0 Å². The van der Waals surface area contributed by atoms with Crippen LogP contribution in [-0.2, 0) is 14.3 Å². The minimum absolute atomic E-state index is 0.0866. The predicted octanol–water partition coefficient (Wildman–Crippen LogP) is -0.856. The van der Waals surface area contributed by atoms with Gasteiger partial charge in [-0.15, -0.1) is 0 Å². The lowest BCUT2D eigenvalue weighted by atomic mass is 10.1. The van der Waals surface area contributed by atoms with Gasteiger partial charge in [-0.25, -0.2) is 9.78 Å². The Morgan fingerprint density at radius 1 is 1.11 bits per heavy atom. The molecule has 196 valence electrons. The van der Waals surface area contributed by atoms with E-state index in [0.29, 0.717) is 19.4 Å². The van der Waals surface area contributed by atoms with Gasteiger partial charge in [0.15, 0.2) is 5.96 Å². The van der Waals surface area contributed by atoms with Gasteiger partial charge in [0.2, 0.25) is 17.6 Å². The van der Waals surface area contributed by atoms with Gasteiger partial charge in [0, 0.05) is 6.54 Å². The fourth-order valence-electron chi connectivity index (χ4n) is 2.84. The molecule has 0 aromatic carbocycles. The van der Waals surface area contributed by atoms with Crippen molar-refractivity contribution in [2.75, 3.05) is 19.6 Å². The largest absolute Gasteiger partial charge is 0.444 e. The zero-order valence-corrected chi connectivity index (χ0v) is 20.3. The fraction of sp³-hybridized carbons (Fsp3) is 0.619. The van der Waals surface area contributed by atoms with Gasteiger partial charge in [0.05, 0.1) is 18.8 Å². The van der Waals surface area contributed by atoms with Crippen LogP contribution in [-0.4, -0.2) is 72.0 Å². The van der Waals surface area contributed by atoms with Gasteiger partial charge in [-0.2, -0.15) is 0 Å². The molecule has 0 unspecified atom stereocenters. The Morgan fingerprint density at radius 2 is 1.80 bits per heavy atom. The molecule has 1 heterocycles. The number of nitrogens with two attached hydrogens (primary N) is 3. The Morgan fingerprint density at radius 3 is 2.37 bits per heavy atom. The molecular weight excluding hydrogens is 460 g/mol. The molecule has 0 saturated heterocycles. The highest BCUT2D eigenvalue weighted by atomic mass is 16.6. The summed E-state index contributed by atoms with van der Waals surface area (Å²) in [4.78, 5) is 57.5. The van der Waals surface area contributed by atoms with E-state index in [1.54, 1.807) is 20.8 Å². The van der Waals surface area contributed by atoms with E-state index >= 15 is 0 Å². The number of amides is 3. The summed E-state index contributed by atoms with van der Waals surface area (Å²) >= 11 is 0. The number of alkyl carbamates (subject to hydrolysis) is 1. The van der Waals surface area contributed by atoms with Crippen LogP contribution in [0.1, 0.15) is 57.1 Å². The second-order valence-corrected chi connectivity index (χ2v) is 8.62. The number of carbonyl (C=O) groups excluding carboxylic acids is 4. The molecule has 14 nitrogen and oxygen atoms in total. The number of aliphatic imine (C=N–C) groups is 1. The number of Topliss-reactive ketones (excluding diaryl/α,β-unsaturated/α-hetero) is 1. The Hall–Kier alpha value is -3.68. The number of hydrogen-bond donors (Lipinski definition) is 6. The van der Waals surface area contributed by atoms with Crippen molar-refractivity contribution in [3.63, 3.8) is 0 Å². The molecule has 0 radical (unpaired) electrons. The van der Waals surface area contributed by atoms with Gasteiger partial charge in [0.25, 0.3) is 5.89 Å². The number of nitrogens with zero attached hydrogens (tertiary/aromatic N) is 2. The Labute approximate surface area is 203 Å². The van der Waals surface area contributed by atoms with Crippen LogP contribution < -0.4 is 33.2 Å². The van der Waals surface area contributed by atoms with Crippen LogP contribution in [0.2, 0.25) is 0 Å². The first-order valence-electron chi connectivity index (χ1n) is 11.2. The predicted molar refractivity (Wildman–Crippen MR) is 127 cm³/mol. The number of rotatable bonds is 14. The van der Waals surface area contributed by atoms with Crippen LogP contribution in [0.3, 0.4) is 0 Å². The Kier molecular flexibility index (Phi) is 12.2. The first-order chi connectivity index (χ1) is 16.4. The topological polar surface area (TPSA) is 230 Å². The summed E-state index contributed by atoms with van der Waals surface area (Å²) in [5, 5.41) is 7.49. The van der Waals surface area contributed by atoms with E-state index in [2.05, 4.69) is 25.9 Å². The third kappa shape index (κ3) is 12.4. The maximum absolute atomic E-state index is 12.7. The fourth-order valence-corrected chi connectivity index (χ4v) is 2.84. The van der Waals surface area contributed by atoms with Crippen molar-refractivity contribution in [2.24, 2.45) is 22.2 Å². The van der Waals surface area contributed by atoms with Gasteiger partial charge >= 0.3 is 6.09 Å². The number of carbonyl (C=O) groups is 4. The maximum Gasteiger partial charge on any atom is 0.408 e. The molecule has 0 saturated carbocycles. The standard InChI is InChI=1S/C21H36N8O6/c1-21(2,3)35-20(33)29-14(6-4-8-22)17(32)27-12-15(30)28-13(7-5-9-26-19(23)24)16(31)18-25-10-11-34-18/h10-11,13-14H,4-9,12,22H2,1-3H3,(H,27,32)(H,28,30)(H,29,33)(H4,23,24,26)/t13-,14+/m0/s1. The van der Waals surface area contributed by atoms with Crippen molar-refractivity contribution >= 4 is 29.7 Å². The van der Waals surface area contributed by atoms with E-state index in [1.165, 1.54) is 12.5 Å². The van der Waals surface area contributed by atoms with E-state index in [1.807, 2.05) is 0 Å². The first kappa shape index (κ1) is 29.4. The lowest BCUT2D eigenvalue weighted by Gasteiger charge is -2.23. The van der Waals surface area contributed by atoms with E-state index < -0.39 is 47.9 Å². The summed E-state index contributed by atoms with van der Waals surface area (Å²) in [6, 6.07) is -1.93. The number of guanidine groups is 1. The SMILES string of the molecule is CC(C)(C)OC(=O)N[C@H](CCCN)C(=O)NCC(=O)N[C@@H](CCCN=C(N)N)C(=O)c1ncco1. The van der Waals surface area contributed by atoms with Crippen molar-refractivity contribution < 1.29 is 28.3 Å². The number of ketones is 1. The molecule has 1 aromatic rings. The number of nitrogens with one attached hydrogen (secondary N) is 3. The van der Waals surface area contributed by atoms with E-state index in [9.17, 15) is 19.2 Å². The molecule has 1 aromatic heterocycles. The second kappa shape index (κ2) is 14.6. The van der Waals surface area contributed by atoms with Crippen molar-refractivity contribution in [3.05, 3.63) is 18.4 Å². The molecule has 35 heavy (non-hydrogen) atoms. The summed E-state index contributed by atoms with van der Waals surface area (Å²) in [6.45, 7) is 5.21. The van der Waals surface area contributed by atoms with Gasteiger partial charge in [-0.1, -0.05) is 0 Å². The van der Waals surface area contributed by atoms with Gasteiger partial charge in [-0.3, -0.25) is 19.4 Å². The third-order valence-electron chi connectivity index (χ3n) is 4.37. The molecule has 0 aliphatic heterocycles. The lowest BCUT2D eigenvalue weighted by Crippen LogP contribution is -2.51. The average Bonchev–Trinajstić information content (AvgIpc) is 3.30. The summed E-state index contributed by atoms with van der Waals surface area (Å²) in [5.74, 6) is -2.00. The average molecular weight is 497 g/mol. The van der Waals surface area contributed by atoms with Crippen LogP contribution >= 0.6 is 0 Å². The van der Waals surface area contributed by atoms with E-state index in [4.69, 9.17) is 26.4 Å². The van der Waals surface area contributed by atoms with Gasteiger partial charge in [0.1, 0.15) is 17.9 Å². The molecule has 0 aliphatic rings. The smallest absolute Gasteiger partial charge is 0.408 e. The highest BCUT2D eigenvalue weighted by molar-refractivity contribution is 5.99. The summed E-state index contributed by atoms with van der Waals surface area (Å²) in [7, 11) is 0. The summed E-state index contributed by atoms with van der Waals surface area (Å²) in [5.41, 5.74) is 15.4. The van der Waals surface area contributed by atoms with Crippen LogP contribution in [0.4, 0.5) is 4.79 Å². The molecule has 0 bridgehead atoms. The highest BCUT2D eigenvalue weighted by Gasteiger charge is 2.27. The maximum atomic E-state index is 12.7.